The van der Waals surface area contributed by atoms with Gasteiger partial charge in [-0.3, -0.25) is 5.84 Å². The van der Waals surface area contributed by atoms with Crippen LogP contribution in [0.4, 0.5) is 0 Å². The molecule has 1 saturated carbocycles. The molecule has 1 fully saturated rings. The lowest BCUT2D eigenvalue weighted by molar-refractivity contribution is 0.0756. The van der Waals surface area contributed by atoms with E-state index in [-0.39, 0.29) is 18.6 Å². The molecular weight excluding hydrogens is 182 g/mol. The Morgan fingerprint density at radius 2 is 2.00 bits per heavy atom. The molecule has 1 aliphatic rings. The van der Waals surface area contributed by atoms with Crippen LogP contribution in [0.5, 0.6) is 0 Å². The van der Waals surface area contributed by atoms with Crippen molar-refractivity contribution in [3.8, 4) is 0 Å². The maximum atomic E-state index is 8.87. The van der Waals surface area contributed by atoms with Crippen LogP contribution in [0.1, 0.15) is 32.1 Å². The molecular formula is C9H19N3O2. The van der Waals surface area contributed by atoms with Crippen LogP contribution in [-0.2, 0) is 4.74 Å². The van der Waals surface area contributed by atoms with Gasteiger partial charge in [0.1, 0.15) is 11.8 Å². The van der Waals surface area contributed by atoms with Gasteiger partial charge in [0.2, 0.25) is 5.88 Å². The van der Waals surface area contributed by atoms with E-state index in [0.29, 0.717) is 5.70 Å². The monoisotopic (exact) mass is 201 g/mol. The van der Waals surface area contributed by atoms with E-state index in [1.165, 1.54) is 19.3 Å². The van der Waals surface area contributed by atoms with Crippen molar-refractivity contribution in [1.29, 1.82) is 0 Å². The Kier molecular flexibility index (Phi) is 4.55. The van der Waals surface area contributed by atoms with Gasteiger partial charge in [-0.25, -0.2) is 0 Å². The highest BCUT2D eigenvalue weighted by atomic mass is 16.5. The Morgan fingerprint density at radius 1 is 1.36 bits per heavy atom. The fourth-order valence-corrected chi connectivity index (χ4v) is 1.63. The number of hydrogen-bond donors (Lipinski definition) is 4. The summed E-state index contributed by atoms with van der Waals surface area (Å²) in [7, 11) is 0. The van der Waals surface area contributed by atoms with Crippen LogP contribution in [0.2, 0.25) is 0 Å². The quantitative estimate of drug-likeness (QED) is 0.290. The zero-order chi connectivity index (χ0) is 10.4. The van der Waals surface area contributed by atoms with Gasteiger partial charge in [-0.15, -0.1) is 0 Å². The van der Waals surface area contributed by atoms with Crippen molar-refractivity contribution in [3.63, 3.8) is 0 Å². The van der Waals surface area contributed by atoms with E-state index in [9.17, 15) is 0 Å². The summed E-state index contributed by atoms with van der Waals surface area (Å²) in [5.41, 5.74) is 8.29. The fraction of sp³-hybridized carbons (Fsp3) is 0.778. The van der Waals surface area contributed by atoms with Gasteiger partial charge in [-0.05, 0) is 25.7 Å². The molecule has 82 valence electrons. The minimum absolute atomic E-state index is 0.179. The Balaban J connectivity index is 2.44. The van der Waals surface area contributed by atoms with Gasteiger partial charge in [-0.1, -0.05) is 6.42 Å². The maximum absolute atomic E-state index is 8.87. The molecule has 0 atom stereocenters. The topological polar surface area (TPSA) is 93.5 Å². The fourth-order valence-electron chi connectivity index (χ4n) is 1.63. The summed E-state index contributed by atoms with van der Waals surface area (Å²) in [5, 5.41) is 8.87. The molecule has 1 aliphatic carbocycles. The number of aliphatic hydroxyl groups is 1. The van der Waals surface area contributed by atoms with Crippen molar-refractivity contribution in [3.05, 3.63) is 11.6 Å². The van der Waals surface area contributed by atoms with Gasteiger partial charge in [-0.2, -0.15) is 0 Å². The molecule has 0 aromatic heterocycles. The van der Waals surface area contributed by atoms with Crippen molar-refractivity contribution < 1.29 is 9.84 Å². The number of nitrogens with two attached hydrogens (primary N) is 2. The second-order valence-corrected chi connectivity index (χ2v) is 3.52. The lowest BCUT2D eigenvalue weighted by Crippen LogP contribution is -2.30. The summed E-state index contributed by atoms with van der Waals surface area (Å²) >= 11 is 0. The first kappa shape index (κ1) is 11.1. The standard InChI is InChI=1S/C9H19N3O2/c10-9(8(6-13)12-11)14-7-4-2-1-3-5-7/h7,12-13H,1-6,10-11H2/b9-8+. The van der Waals surface area contributed by atoms with Crippen molar-refractivity contribution >= 4 is 0 Å². The molecule has 0 amide bonds. The Morgan fingerprint density at radius 3 is 2.50 bits per heavy atom. The molecule has 0 bridgehead atoms. The molecule has 5 heteroatoms. The number of rotatable bonds is 4. The van der Waals surface area contributed by atoms with Gasteiger partial charge in [0, 0.05) is 0 Å². The number of ether oxygens (including phenoxy) is 1. The van der Waals surface area contributed by atoms with Crippen molar-refractivity contribution in [2.75, 3.05) is 6.61 Å². The molecule has 0 aliphatic heterocycles. The molecule has 0 saturated heterocycles. The zero-order valence-corrected chi connectivity index (χ0v) is 8.33. The molecule has 0 aromatic carbocycles. The molecule has 14 heavy (non-hydrogen) atoms. The zero-order valence-electron chi connectivity index (χ0n) is 8.33. The van der Waals surface area contributed by atoms with E-state index in [2.05, 4.69) is 5.43 Å². The van der Waals surface area contributed by atoms with Gasteiger partial charge >= 0.3 is 0 Å². The average Bonchev–Trinajstić information content (AvgIpc) is 2.21. The summed E-state index contributed by atoms with van der Waals surface area (Å²) in [5.74, 6) is 5.37. The molecule has 0 spiro atoms. The van der Waals surface area contributed by atoms with Crippen molar-refractivity contribution in [2.45, 2.75) is 38.2 Å². The van der Waals surface area contributed by atoms with Crippen LogP contribution < -0.4 is 17.0 Å². The minimum Gasteiger partial charge on any atom is -0.475 e. The van der Waals surface area contributed by atoms with Crippen LogP contribution in [-0.4, -0.2) is 17.8 Å². The Hall–Kier alpha value is -0.940. The first-order valence-electron chi connectivity index (χ1n) is 5.00. The summed E-state index contributed by atoms with van der Waals surface area (Å²) < 4.78 is 5.49. The van der Waals surface area contributed by atoms with Gasteiger partial charge in [0.15, 0.2) is 0 Å². The van der Waals surface area contributed by atoms with Crippen LogP contribution in [0, 0.1) is 0 Å². The maximum Gasteiger partial charge on any atom is 0.207 e. The van der Waals surface area contributed by atoms with E-state index in [1.807, 2.05) is 0 Å². The molecule has 0 unspecified atom stereocenters. The second-order valence-electron chi connectivity index (χ2n) is 3.52. The second kappa shape index (κ2) is 5.72. The van der Waals surface area contributed by atoms with E-state index >= 15 is 0 Å². The van der Waals surface area contributed by atoms with Gasteiger partial charge in [0.25, 0.3) is 0 Å². The first-order chi connectivity index (χ1) is 6.77. The number of nitrogens with one attached hydrogen (secondary N) is 1. The van der Waals surface area contributed by atoms with Crippen LogP contribution >= 0.6 is 0 Å². The average molecular weight is 201 g/mol. The normalized spacial score (nSPS) is 20.1. The highest BCUT2D eigenvalue weighted by molar-refractivity contribution is 5.02. The number of hydrazine groups is 1. The molecule has 6 N–H and O–H groups in total. The van der Waals surface area contributed by atoms with E-state index in [1.54, 1.807) is 0 Å². The predicted octanol–water partition coefficient (Wildman–Crippen LogP) is -0.0809. The molecule has 0 aromatic rings. The first-order valence-corrected chi connectivity index (χ1v) is 5.00. The summed E-state index contributed by atoms with van der Waals surface area (Å²) in [6.45, 7) is -0.227. The SMILES string of the molecule is NN/C(CO)=C(\N)OC1CCCCC1. The third kappa shape index (κ3) is 3.08. The largest absolute Gasteiger partial charge is 0.475 e. The van der Waals surface area contributed by atoms with E-state index in [4.69, 9.17) is 21.4 Å². The molecule has 0 heterocycles. The third-order valence-corrected chi connectivity index (χ3v) is 2.48. The summed E-state index contributed by atoms with van der Waals surface area (Å²) in [6, 6.07) is 0. The molecule has 5 nitrogen and oxygen atoms in total. The van der Waals surface area contributed by atoms with E-state index < -0.39 is 0 Å². The lowest BCUT2D eigenvalue weighted by Gasteiger charge is -2.23. The summed E-state index contributed by atoms with van der Waals surface area (Å²) in [6.07, 6.45) is 5.88. The Bertz CT molecular complexity index is 194. The smallest absolute Gasteiger partial charge is 0.207 e. The van der Waals surface area contributed by atoms with Crippen LogP contribution in [0.15, 0.2) is 11.6 Å². The highest BCUT2D eigenvalue weighted by Gasteiger charge is 2.16. The molecule has 1 rings (SSSR count). The van der Waals surface area contributed by atoms with Crippen molar-refractivity contribution in [2.24, 2.45) is 11.6 Å². The lowest BCUT2D eigenvalue weighted by atomic mass is 9.98. The third-order valence-electron chi connectivity index (χ3n) is 2.48. The van der Waals surface area contributed by atoms with Crippen LogP contribution in [0.3, 0.4) is 0 Å². The van der Waals surface area contributed by atoms with E-state index in [0.717, 1.165) is 12.8 Å². The summed E-state index contributed by atoms with van der Waals surface area (Å²) in [4.78, 5) is 0. The van der Waals surface area contributed by atoms with Crippen molar-refractivity contribution in [1.82, 2.24) is 5.43 Å². The van der Waals surface area contributed by atoms with Gasteiger partial charge < -0.3 is 21.0 Å². The molecule has 0 radical (unpaired) electrons. The number of aliphatic hydroxyl groups excluding tert-OH is 1. The van der Waals surface area contributed by atoms with Crippen LogP contribution in [0.25, 0.3) is 0 Å². The van der Waals surface area contributed by atoms with Gasteiger partial charge in [0.05, 0.1) is 6.61 Å². The highest BCUT2D eigenvalue weighted by Crippen LogP contribution is 2.21. The number of hydrogen-bond acceptors (Lipinski definition) is 5. The minimum atomic E-state index is -0.227. The Labute approximate surface area is 84.1 Å². The predicted molar refractivity (Wildman–Crippen MR) is 53.6 cm³/mol.